The van der Waals surface area contributed by atoms with E-state index in [0.29, 0.717) is 6.04 Å². The van der Waals surface area contributed by atoms with Crippen molar-refractivity contribution in [2.45, 2.75) is 38.6 Å². The van der Waals surface area contributed by atoms with Gasteiger partial charge in [0, 0.05) is 9.35 Å². The van der Waals surface area contributed by atoms with Gasteiger partial charge in [-0.25, -0.2) is 0 Å². The molecule has 20 heavy (non-hydrogen) atoms. The molecule has 1 aromatic carbocycles. The van der Waals surface area contributed by atoms with Crippen molar-refractivity contribution in [2.75, 3.05) is 6.54 Å². The van der Waals surface area contributed by atoms with E-state index in [1.54, 1.807) is 11.1 Å². The van der Waals surface area contributed by atoms with E-state index in [2.05, 4.69) is 57.8 Å². The standard InChI is InChI=1S/C17H20BrNS/c1-2-9-19-16(17-15(18)8-10-20-17)14-7-6-12-4-3-5-13(12)11-14/h6-8,10-11,16,19H,2-5,9H2,1H3. The van der Waals surface area contributed by atoms with Gasteiger partial charge in [-0.2, -0.15) is 0 Å². The number of aryl methyl sites for hydroxylation is 2. The van der Waals surface area contributed by atoms with Gasteiger partial charge in [0.05, 0.1) is 6.04 Å². The maximum absolute atomic E-state index is 3.70. The second kappa shape index (κ2) is 6.42. The fourth-order valence-corrected chi connectivity index (χ4v) is 4.64. The number of halogens is 1. The molecule has 0 saturated heterocycles. The molecule has 1 N–H and O–H groups in total. The van der Waals surface area contributed by atoms with Crippen molar-refractivity contribution in [1.82, 2.24) is 5.32 Å². The molecule has 0 spiro atoms. The van der Waals surface area contributed by atoms with Crippen LogP contribution in [-0.2, 0) is 12.8 Å². The van der Waals surface area contributed by atoms with Crippen LogP contribution in [0.15, 0.2) is 34.1 Å². The molecule has 3 rings (SSSR count). The number of hydrogen-bond acceptors (Lipinski definition) is 2. The van der Waals surface area contributed by atoms with Crippen molar-refractivity contribution in [3.63, 3.8) is 0 Å². The molecule has 3 heteroatoms. The van der Waals surface area contributed by atoms with E-state index in [9.17, 15) is 0 Å². The molecule has 1 aromatic heterocycles. The Labute approximate surface area is 133 Å². The molecule has 1 unspecified atom stereocenters. The molecule has 106 valence electrons. The van der Waals surface area contributed by atoms with Crippen molar-refractivity contribution in [3.05, 3.63) is 55.7 Å². The molecule has 0 radical (unpaired) electrons. The van der Waals surface area contributed by atoms with Gasteiger partial charge >= 0.3 is 0 Å². The number of fused-ring (bicyclic) bond motifs is 1. The van der Waals surface area contributed by atoms with Gasteiger partial charge in [0.25, 0.3) is 0 Å². The molecule has 0 amide bonds. The number of rotatable bonds is 5. The van der Waals surface area contributed by atoms with Crippen molar-refractivity contribution in [2.24, 2.45) is 0 Å². The van der Waals surface area contributed by atoms with Gasteiger partial charge in [0.15, 0.2) is 0 Å². The molecule has 1 heterocycles. The Hall–Kier alpha value is -0.640. The Morgan fingerprint density at radius 2 is 2.10 bits per heavy atom. The fraction of sp³-hybridized carbons (Fsp3) is 0.412. The molecule has 1 atom stereocenters. The van der Waals surface area contributed by atoms with Gasteiger partial charge in [-0.05, 0) is 76.3 Å². The van der Waals surface area contributed by atoms with Crippen LogP contribution >= 0.6 is 27.3 Å². The smallest absolute Gasteiger partial charge is 0.0682 e. The minimum absolute atomic E-state index is 0.315. The number of hydrogen-bond donors (Lipinski definition) is 1. The van der Waals surface area contributed by atoms with Crippen LogP contribution in [0.4, 0.5) is 0 Å². The predicted molar refractivity (Wildman–Crippen MR) is 90.6 cm³/mol. The molecule has 1 aliphatic rings. The molecule has 2 aromatic rings. The highest BCUT2D eigenvalue weighted by molar-refractivity contribution is 9.10. The third-order valence-corrected chi connectivity index (χ3v) is 5.90. The van der Waals surface area contributed by atoms with Crippen LogP contribution in [0.2, 0.25) is 0 Å². The highest BCUT2D eigenvalue weighted by atomic mass is 79.9. The summed E-state index contributed by atoms with van der Waals surface area (Å²) in [5.74, 6) is 0. The lowest BCUT2D eigenvalue weighted by Gasteiger charge is -2.19. The lowest BCUT2D eigenvalue weighted by atomic mass is 10.00. The monoisotopic (exact) mass is 349 g/mol. The third kappa shape index (κ3) is 2.85. The van der Waals surface area contributed by atoms with Gasteiger partial charge in [0.2, 0.25) is 0 Å². The Balaban J connectivity index is 1.94. The number of thiophene rings is 1. The Morgan fingerprint density at radius 1 is 1.25 bits per heavy atom. The quantitative estimate of drug-likeness (QED) is 0.792. The van der Waals surface area contributed by atoms with Crippen LogP contribution in [0.5, 0.6) is 0 Å². The molecule has 1 nitrogen and oxygen atoms in total. The summed E-state index contributed by atoms with van der Waals surface area (Å²) in [6.07, 6.45) is 4.97. The van der Waals surface area contributed by atoms with E-state index < -0.39 is 0 Å². The Morgan fingerprint density at radius 3 is 2.85 bits per heavy atom. The molecule has 0 fully saturated rings. The molecule has 0 saturated carbocycles. The molecule has 0 aliphatic heterocycles. The number of nitrogens with one attached hydrogen (secondary N) is 1. The third-order valence-electron chi connectivity index (χ3n) is 3.96. The molecular formula is C17H20BrNS. The van der Waals surface area contributed by atoms with Crippen LogP contribution in [0.3, 0.4) is 0 Å². The van der Waals surface area contributed by atoms with Crippen LogP contribution in [-0.4, -0.2) is 6.54 Å². The van der Waals surface area contributed by atoms with Crippen molar-refractivity contribution < 1.29 is 0 Å². The molecule has 1 aliphatic carbocycles. The summed E-state index contributed by atoms with van der Waals surface area (Å²) >= 11 is 5.52. The largest absolute Gasteiger partial charge is 0.306 e. The zero-order chi connectivity index (χ0) is 13.9. The first-order valence-corrected chi connectivity index (χ1v) is 9.05. The summed E-state index contributed by atoms with van der Waals surface area (Å²) in [5, 5.41) is 5.86. The first kappa shape index (κ1) is 14.3. The van der Waals surface area contributed by atoms with Gasteiger partial charge in [-0.3, -0.25) is 0 Å². The maximum Gasteiger partial charge on any atom is 0.0682 e. The van der Waals surface area contributed by atoms with Crippen LogP contribution in [0.25, 0.3) is 0 Å². The highest BCUT2D eigenvalue weighted by Crippen LogP contribution is 2.35. The van der Waals surface area contributed by atoms with E-state index >= 15 is 0 Å². The number of benzene rings is 1. The lowest BCUT2D eigenvalue weighted by Crippen LogP contribution is -2.22. The summed E-state index contributed by atoms with van der Waals surface area (Å²) in [6, 6.07) is 9.52. The predicted octanol–water partition coefficient (Wildman–Crippen LogP) is 5.09. The summed E-state index contributed by atoms with van der Waals surface area (Å²) in [4.78, 5) is 1.39. The maximum atomic E-state index is 3.70. The minimum Gasteiger partial charge on any atom is -0.306 e. The van der Waals surface area contributed by atoms with Gasteiger partial charge in [0.1, 0.15) is 0 Å². The SMILES string of the molecule is CCCNC(c1ccc2c(c1)CCC2)c1sccc1Br. The lowest BCUT2D eigenvalue weighted by molar-refractivity contribution is 0.604. The first-order valence-electron chi connectivity index (χ1n) is 7.37. The second-order valence-electron chi connectivity index (χ2n) is 5.40. The Bertz CT molecular complexity index is 590. The summed E-state index contributed by atoms with van der Waals surface area (Å²) in [7, 11) is 0. The minimum atomic E-state index is 0.315. The molecule has 0 bridgehead atoms. The summed E-state index contributed by atoms with van der Waals surface area (Å²) in [6.45, 7) is 3.27. The van der Waals surface area contributed by atoms with Crippen molar-refractivity contribution >= 4 is 27.3 Å². The molecular weight excluding hydrogens is 330 g/mol. The van der Waals surface area contributed by atoms with E-state index in [-0.39, 0.29) is 0 Å². The highest BCUT2D eigenvalue weighted by Gasteiger charge is 2.20. The zero-order valence-corrected chi connectivity index (χ0v) is 14.2. The van der Waals surface area contributed by atoms with Gasteiger partial charge < -0.3 is 5.32 Å². The van der Waals surface area contributed by atoms with Crippen LogP contribution in [0, 0.1) is 0 Å². The topological polar surface area (TPSA) is 12.0 Å². The first-order chi connectivity index (χ1) is 9.79. The van der Waals surface area contributed by atoms with Gasteiger partial charge in [-0.1, -0.05) is 25.1 Å². The van der Waals surface area contributed by atoms with E-state index in [1.165, 1.54) is 34.2 Å². The van der Waals surface area contributed by atoms with E-state index in [1.807, 2.05) is 11.3 Å². The van der Waals surface area contributed by atoms with Crippen molar-refractivity contribution in [1.29, 1.82) is 0 Å². The normalized spacial score (nSPS) is 15.3. The average molecular weight is 350 g/mol. The zero-order valence-electron chi connectivity index (χ0n) is 11.8. The fourth-order valence-electron chi connectivity index (χ4n) is 2.93. The van der Waals surface area contributed by atoms with E-state index in [4.69, 9.17) is 0 Å². The summed E-state index contributed by atoms with van der Waals surface area (Å²) in [5.41, 5.74) is 4.51. The second-order valence-corrected chi connectivity index (χ2v) is 7.20. The van der Waals surface area contributed by atoms with Crippen molar-refractivity contribution in [3.8, 4) is 0 Å². The van der Waals surface area contributed by atoms with Crippen LogP contribution in [0.1, 0.15) is 47.4 Å². The van der Waals surface area contributed by atoms with Crippen LogP contribution < -0.4 is 5.32 Å². The van der Waals surface area contributed by atoms with Gasteiger partial charge in [-0.15, -0.1) is 11.3 Å². The summed E-state index contributed by atoms with van der Waals surface area (Å²) < 4.78 is 1.22. The average Bonchev–Trinajstić information content (AvgIpc) is 3.08. The Kier molecular flexibility index (Phi) is 4.59. The van der Waals surface area contributed by atoms with E-state index in [0.717, 1.165) is 13.0 Å².